The Morgan fingerprint density at radius 3 is 2.75 bits per heavy atom. The first kappa shape index (κ1) is 12.8. The molecule has 0 saturated carbocycles. The summed E-state index contributed by atoms with van der Waals surface area (Å²) < 4.78 is 13.4. The zero-order valence-electron chi connectivity index (χ0n) is 10.3. The molecular weight excluding hydrogens is 277 g/mol. The molecule has 3 aromatic rings. The van der Waals surface area contributed by atoms with E-state index in [1.165, 1.54) is 24.4 Å². The normalized spacial score (nSPS) is 10.7. The van der Waals surface area contributed by atoms with Crippen LogP contribution in [-0.4, -0.2) is 10.8 Å². The van der Waals surface area contributed by atoms with E-state index in [1.54, 1.807) is 6.07 Å². The zero-order chi connectivity index (χ0) is 14.1. The predicted octanol–water partition coefficient (Wildman–Crippen LogP) is 4.26. The molecule has 20 heavy (non-hydrogen) atoms. The number of ketones is 1. The third kappa shape index (κ3) is 2.17. The second kappa shape index (κ2) is 5.02. The maximum absolute atomic E-state index is 13.4. The van der Waals surface area contributed by atoms with Gasteiger partial charge in [-0.2, -0.15) is 0 Å². The Morgan fingerprint density at radius 1 is 1.10 bits per heavy atom. The van der Waals surface area contributed by atoms with Gasteiger partial charge in [0.25, 0.3) is 0 Å². The summed E-state index contributed by atoms with van der Waals surface area (Å²) in [4.78, 5) is 16.6. The molecule has 0 bridgehead atoms. The summed E-state index contributed by atoms with van der Waals surface area (Å²) in [6.07, 6.45) is 1.48. The summed E-state index contributed by atoms with van der Waals surface area (Å²) in [6.45, 7) is 0. The zero-order valence-corrected chi connectivity index (χ0v) is 11.1. The number of rotatable bonds is 2. The number of benzene rings is 2. The second-order valence-electron chi connectivity index (χ2n) is 4.35. The van der Waals surface area contributed by atoms with Crippen molar-refractivity contribution in [1.82, 2.24) is 4.98 Å². The first-order valence-corrected chi connectivity index (χ1v) is 6.38. The van der Waals surface area contributed by atoms with Gasteiger partial charge in [-0.05, 0) is 24.3 Å². The molecule has 0 unspecified atom stereocenters. The number of hydrogen-bond acceptors (Lipinski definition) is 2. The van der Waals surface area contributed by atoms with Crippen molar-refractivity contribution in [3.8, 4) is 0 Å². The highest BCUT2D eigenvalue weighted by molar-refractivity contribution is 6.35. The topological polar surface area (TPSA) is 30.0 Å². The van der Waals surface area contributed by atoms with Crippen LogP contribution >= 0.6 is 11.6 Å². The molecule has 1 heterocycles. The van der Waals surface area contributed by atoms with Crippen LogP contribution in [-0.2, 0) is 0 Å². The van der Waals surface area contributed by atoms with Crippen LogP contribution in [0.5, 0.6) is 0 Å². The smallest absolute Gasteiger partial charge is 0.196 e. The van der Waals surface area contributed by atoms with E-state index in [0.717, 1.165) is 10.9 Å². The van der Waals surface area contributed by atoms with Crippen LogP contribution in [0.15, 0.2) is 54.7 Å². The summed E-state index contributed by atoms with van der Waals surface area (Å²) >= 11 is 5.84. The summed E-state index contributed by atoms with van der Waals surface area (Å²) in [7, 11) is 0. The minimum Gasteiger partial charge on any atom is -0.288 e. The van der Waals surface area contributed by atoms with Gasteiger partial charge in [0.2, 0.25) is 0 Å². The van der Waals surface area contributed by atoms with Crippen molar-refractivity contribution in [1.29, 1.82) is 0 Å². The minimum absolute atomic E-state index is 0.142. The van der Waals surface area contributed by atoms with Crippen LogP contribution in [0.25, 0.3) is 10.9 Å². The van der Waals surface area contributed by atoms with Crippen LogP contribution in [0.4, 0.5) is 4.39 Å². The molecular formula is C16H9ClFNO. The third-order valence-corrected chi connectivity index (χ3v) is 3.43. The van der Waals surface area contributed by atoms with Gasteiger partial charge >= 0.3 is 0 Å². The Labute approximate surface area is 119 Å². The van der Waals surface area contributed by atoms with E-state index < -0.39 is 5.82 Å². The fourth-order valence-corrected chi connectivity index (χ4v) is 2.24. The molecule has 98 valence electrons. The molecule has 0 amide bonds. The van der Waals surface area contributed by atoms with E-state index in [9.17, 15) is 9.18 Å². The molecule has 1 aromatic heterocycles. The Bertz CT molecular complexity index is 816. The van der Waals surface area contributed by atoms with Gasteiger partial charge in [0, 0.05) is 22.7 Å². The molecule has 0 saturated heterocycles. The van der Waals surface area contributed by atoms with Gasteiger partial charge in [0.05, 0.1) is 10.5 Å². The van der Waals surface area contributed by atoms with E-state index in [2.05, 4.69) is 4.98 Å². The molecule has 4 heteroatoms. The summed E-state index contributed by atoms with van der Waals surface area (Å²) in [5, 5.41) is 0.691. The van der Waals surface area contributed by atoms with Gasteiger partial charge in [-0.1, -0.05) is 35.9 Å². The molecule has 0 spiro atoms. The van der Waals surface area contributed by atoms with Crippen molar-refractivity contribution in [3.63, 3.8) is 0 Å². The van der Waals surface area contributed by atoms with E-state index in [4.69, 9.17) is 11.6 Å². The molecule has 0 aliphatic heterocycles. The highest BCUT2D eigenvalue weighted by atomic mass is 35.5. The van der Waals surface area contributed by atoms with Gasteiger partial charge < -0.3 is 0 Å². The van der Waals surface area contributed by atoms with Gasteiger partial charge in [0.15, 0.2) is 5.78 Å². The van der Waals surface area contributed by atoms with Gasteiger partial charge in [-0.3, -0.25) is 9.78 Å². The maximum Gasteiger partial charge on any atom is 0.196 e. The van der Waals surface area contributed by atoms with Gasteiger partial charge in [0.1, 0.15) is 5.82 Å². The summed E-state index contributed by atoms with van der Waals surface area (Å²) in [6, 6.07) is 13.4. The standard InChI is InChI=1S/C16H9ClFNO/c17-15-12(5-3-6-13(15)18)16(20)11-8-10-4-1-2-7-14(10)19-9-11/h1-9H. The quantitative estimate of drug-likeness (QED) is 0.659. The van der Waals surface area contributed by atoms with E-state index in [1.807, 2.05) is 24.3 Å². The summed E-state index contributed by atoms with van der Waals surface area (Å²) in [5.41, 5.74) is 1.33. The van der Waals surface area contributed by atoms with Crippen molar-refractivity contribution in [2.45, 2.75) is 0 Å². The lowest BCUT2D eigenvalue weighted by Crippen LogP contribution is -2.03. The molecule has 0 fully saturated rings. The average Bonchev–Trinajstić information content (AvgIpc) is 2.49. The molecule has 2 aromatic carbocycles. The molecule has 0 aliphatic rings. The van der Waals surface area contributed by atoms with Crippen molar-refractivity contribution in [2.24, 2.45) is 0 Å². The number of carbonyl (C=O) groups is 1. The largest absolute Gasteiger partial charge is 0.288 e. The van der Waals surface area contributed by atoms with Crippen molar-refractivity contribution in [2.75, 3.05) is 0 Å². The van der Waals surface area contributed by atoms with Crippen LogP contribution in [0.3, 0.4) is 0 Å². The Balaban J connectivity index is 2.10. The average molecular weight is 286 g/mol. The lowest BCUT2D eigenvalue weighted by Gasteiger charge is -2.05. The van der Waals surface area contributed by atoms with Crippen LogP contribution in [0.1, 0.15) is 15.9 Å². The lowest BCUT2D eigenvalue weighted by atomic mass is 10.0. The SMILES string of the molecule is O=C(c1cnc2ccccc2c1)c1cccc(F)c1Cl. The molecule has 3 rings (SSSR count). The number of para-hydroxylation sites is 1. The van der Waals surface area contributed by atoms with Crippen LogP contribution < -0.4 is 0 Å². The fourth-order valence-electron chi connectivity index (χ4n) is 2.03. The molecule has 2 nitrogen and oxygen atoms in total. The highest BCUT2D eigenvalue weighted by Gasteiger charge is 2.16. The Kier molecular flexibility index (Phi) is 3.20. The van der Waals surface area contributed by atoms with Crippen LogP contribution in [0.2, 0.25) is 5.02 Å². The van der Waals surface area contributed by atoms with Gasteiger partial charge in [-0.15, -0.1) is 0 Å². The van der Waals surface area contributed by atoms with Gasteiger partial charge in [-0.25, -0.2) is 4.39 Å². The lowest BCUT2D eigenvalue weighted by molar-refractivity contribution is 0.103. The number of aromatic nitrogens is 1. The fraction of sp³-hybridized carbons (Fsp3) is 0. The van der Waals surface area contributed by atoms with E-state index in [0.29, 0.717) is 5.56 Å². The second-order valence-corrected chi connectivity index (χ2v) is 4.73. The molecule has 0 atom stereocenters. The number of nitrogens with zero attached hydrogens (tertiary/aromatic N) is 1. The number of halogens is 2. The van der Waals surface area contributed by atoms with E-state index in [-0.39, 0.29) is 16.4 Å². The van der Waals surface area contributed by atoms with Crippen molar-refractivity contribution < 1.29 is 9.18 Å². The Morgan fingerprint density at radius 2 is 1.90 bits per heavy atom. The van der Waals surface area contributed by atoms with E-state index >= 15 is 0 Å². The monoisotopic (exact) mass is 285 g/mol. The first-order chi connectivity index (χ1) is 9.66. The van der Waals surface area contributed by atoms with Crippen molar-refractivity contribution >= 4 is 28.3 Å². The molecule has 0 radical (unpaired) electrons. The number of hydrogen-bond donors (Lipinski definition) is 0. The third-order valence-electron chi connectivity index (χ3n) is 3.05. The number of carbonyl (C=O) groups excluding carboxylic acids is 1. The summed E-state index contributed by atoms with van der Waals surface area (Å²) in [5.74, 6) is -0.945. The first-order valence-electron chi connectivity index (χ1n) is 6.00. The highest BCUT2D eigenvalue weighted by Crippen LogP contribution is 2.23. The number of pyridine rings is 1. The van der Waals surface area contributed by atoms with Crippen LogP contribution in [0, 0.1) is 5.82 Å². The molecule has 0 N–H and O–H groups in total. The minimum atomic E-state index is -0.605. The predicted molar refractivity (Wildman–Crippen MR) is 76.6 cm³/mol. The number of fused-ring (bicyclic) bond motifs is 1. The maximum atomic E-state index is 13.4. The molecule has 0 aliphatic carbocycles. The van der Waals surface area contributed by atoms with Crippen molar-refractivity contribution in [3.05, 3.63) is 76.7 Å². The Hall–Kier alpha value is -2.26.